The second-order valence-electron chi connectivity index (χ2n) is 3.15. The minimum absolute atomic E-state index is 0.340. The van der Waals surface area contributed by atoms with Crippen LogP contribution in [0.3, 0.4) is 0 Å². The lowest BCUT2D eigenvalue weighted by molar-refractivity contribution is 0.0525. The van der Waals surface area contributed by atoms with Gasteiger partial charge < -0.3 is 4.74 Å². The van der Waals surface area contributed by atoms with Crippen LogP contribution in [0.25, 0.3) is 0 Å². The van der Waals surface area contributed by atoms with Crippen molar-refractivity contribution in [2.45, 2.75) is 20.3 Å². The van der Waals surface area contributed by atoms with E-state index < -0.39 is 0 Å². The third kappa shape index (κ3) is 2.53. The number of esters is 1. The number of benzene rings is 1. The lowest BCUT2D eigenvalue weighted by atomic mass is 10.0. The van der Waals surface area contributed by atoms with Gasteiger partial charge in [0.1, 0.15) is 6.07 Å². The van der Waals surface area contributed by atoms with Crippen molar-refractivity contribution in [1.82, 2.24) is 0 Å². The summed E-state index contributed by atoms with van der Waals surface area (Å²) in [4.78, 5) is 11.6. The van der Waals surface area contributed by atoms with Gasteiger partial charge in [-0.1, -0.05) is 13.0 Å². The van der Waals surface area contributed by atoms with Gasteiger partial charge in [-0.15, -0.1) is 0 Å². The zero-order chi connectivity index (χ0) is 12.1. The summed E-state index contributed by atoms with van der Waals surface area (Å²) in [7, 11) is 0. The van der Waals surface area contributed by atoms with Crippen molar-refractivity contribution in [3.63, 3.8) is 0 Å². The van der Waals surface area contributed by atoms with Crippen LogP contribution in [0.2, 0.25) is 0 Å². The molecule has 0 aliphatic carbocycles. The Balaban J connectivity index is 3.25. The topological polar surface area (TPSA) is 50.1 Å². The molecule has 0 aliphatic rings. The van der Waals surface area contributed by atoms with Crippen LogP contribution in [0, 0.1) is 14.9 Å². The van der Waals surface area contributed by atoms with E-state index in [9.17, 15) is 4.79 Å². The van der Waals surface area contributed by atoms with Gasteiger partial charge in [0.05, 0.1) is 17.7 Å². The van der Waals surface area contributed by atoms with Gasteiger partial charge in [-0.2, -0.15) is 5.26 Å². The van der Waals surface area contributed by atoms with Gasteiger partial charge in [-0.05, 0) is 47.6 Å². The molecule has 0 spiro atoms. The molecule has 3 nitrogen and oxygen atoms in total. The number of halogens is 1. The Morgan fingerprint density at radius 1 is 1.50 bits per heavy atom. The number of aryl methyl sites for hydroxylation is 1. The van der Waals surface area contributed by atoms with Gasteiger partial charge in [-0.3, -0.25) is 0 Å². The fraction of sp³-hybridized carbons (Fsp3) is 0.333. The molecule has 0 N–H and O–H groups in total. The van der Waals surface area contributed by atoms with E-state index in [0.717, 1.165) is 12.0 Å². The molecular formula is C12H12INO2. The first-order valence-corrected chi connectivity index (χ1v) is 6.12. The maximum Gasteiger partial charge on any atom is 0.339 e. The molecule has 1 aromatic carbocycles. The van der Waals surface area contributed by atoms with Crippen molar-refractivity contribution >= 4 is 28.6 Å². The summed E-state index contributed by atoms with van der Waals surface area (Å²) in [5.41, 5.74) is 2.00. The van der Waals surface area contributed by atoms with Crippen molar-refractivity contribution in [2.24, 2.45) is 0 Å². The first-order chi connectivity index (χ1) is 7.65. The minimum Gasteiger partial charge on any atom is -0.462 e. The van der Waals surface area contributed by atoms with Crippen molar-refractivity contribution in [3.05, 3.63) is 32.4 Å². The number of carbonyl (C=O) groups excluding carboxylic acids is 1. The standard InChI is InChI=1S/C12H12INO2/c1-3-8-5-6-9(12(15)16-4-2)11(13)10(8)7-14/h5-6H,3-4H2,1-2H3. The molecule has 0 atom stereocenters. The smallest absolute Gasteiger partial charge is 0.339 e. The fourth-order valence-electron chi connectivity index (χ4n) is 1.40. The molecular weight excluding hydrogens is 317 g/mol. The highest BCUT2D eigenvalue weighted by Crippen LogP contribution is 2.22. The van der Waals surface area contributed by atoms with Gasteiger partial charge in [-0.25, -0.2) is 4.79 Å². The molecule has 0 radical (unpaired) electrons. The number of nitriles is 1. The molecule has 1 rings (SSSR count). The van der Waals surface area contributed by atoms with Crippen LogP contribution in [0.5, 0.6) is 0 Å². The quantitative estimate of drug-likeness (QED) is 0.633. The second-order valence-corrected chi connectivity index (χ2v) is 4.23. The number of ether oxygens (including phenoxy) is 1. The second kappa shape index (κ2) is 5.85. The Morgan fingerprint density at radius 3 is 2.69 bits per heavy atom. The molecule has 0 amide bonds. The Morgan fingerprint density at radius 2 is 2.19 bits per heavy atom. The van der Waals surface area contributed by atoms with Crippen LogP contribution in [-0.4, -0.2) is 12.6 Å². The summed E-state index contributed by atoms with van der Waals surface area (Å²) in [6.45, 7) is 4.08. The summed E-state index contributed by atoms with van der Waals surface area (Å²) in [6.07, 6.45) is 0.780. The van der Waals surface area contributed by atoms with E-state index >= 15 is 0 Å². The van der Waals surface area contributed by atoms with E-state index in [2.05, 4.69) is 6.07 Å². The first-order valence-electron chi connectivity index (χ1n) is 5.04. The molecule has 0 bridgehead atoms. The van der Waals surface area contributed by atoms with Gasteiger partial charge in [0.25, 0.3) is 0 Å². The molecule has 0 aliphatic heterocycles. The molecule has 0 fully saturated rings. The van der Waals surface area contributed by atoms with E-state index in [0.29, 0.717) is 21.3 Å². The van der Waals surface area contributed by atoms with Crippen molar-refractivity contribution in [3.8, 4) is 6.07 Å². The SMILES string of the molecule is CCOC(=O)c1ccc(CC)c(C#N)c1I. The molecule has 0 unspecified atom stereocenters. The van der Waals surface area contributed by atoms with E-state index in [1.807, 2.05) is 35.6 Å². The number of hydrogen-bond donors (Lipinski definition) is 0. The lowest BCUT2D eigenvalue weighted by Gasteiger charge is -2.08. The predicted molar refractivity (Wildman–Crippen MR) is 69.2 cm³/mol. The monoisotopic (exact) mass is 329 g/mol. The average molecular weight is 329 g/mol. The minimum atomic E-state index is -0.369. The molecule has 0 saturated heterocycles. The van der Waals surface area contributed by atoms with Crippen LogP contribution >= 0.6 is 22.6 Å². The van der Waals surface area contributed by atoms with Gasteiger partial charge in [0.15, 0.2) is 0 Å². The number of carbonyl (C=O) groups is 1. The third-order valence-corrected chi connectivity index (χ3v) is 3.34. The zero-order valence-electron chi connectivity index (χ0n) is 9.21. The van der Waals surface area contributed by atoms with Gasteiger partial charge in [0.2, 0.25) is 0 Å². The largest absolute Gasteiger partial charge is 0.462 e. The lowest BCUT2D eigenvalue weighted by Crippen LogP contribution is -2.08. The predicted octanol–water partition coefficient (Wildman–Crippen LogP) is 2.90. The van der Waals surface area contributed by atoms with Crippen LogP contribution in [0.15, 0.2) is 12.1 Å². The van der Waals surface area contributed by atoms with E-state index in [4.69, 9.17) is 10.00 Å². The Hall–Kier alpha value is -1.09. The Labute approximate surface area is 109 Å². The molecule has 1 aromatic rings. The average Bonchev–Trinajstić information content (AvgIpc) is 2.28. The summed E-state index contributed by atoms with van der Waals surface area (Å²) in [6, 6.07) is 5.67. The van der Waals surface area contributed by atoms with E-state index in [1.165, 1.54) is 0 Å². The normalized spacial score (nSPS) is 9.62. The first kappa shape index (κ1) is 13.0. The van der Waals surface area contributed by atoms with Crippen molar-refractivity contribution in [1.29, 1.82) is 5.26 Å². The van der Waals surface area contributed by atoms with Crippen molar-refractivity contribution < 1.29 is 9.53 Å². The van der Waals surface area contributed by atoms with Crippen LogP contribution < -0.4 is 0 Å². The van der Waals surface area contributed by atoms with Crippen LogP contribution in [0.1, 0.15) is 35.3 Å². The molecule has 0 aromatic heterocycles. The fourth-order valence-corrected chi connectivity index (χ4v) is 2.27. The Bertz CT molecular complexity index is 449. The van der Waals surface area contributed by atoms with Crippen LogP contribution in [0.4, 0.5) is 0 Å². The van der Waals surface area contributed by atoms with E-state index in [1.54, 1.807) is 13.0 Å². The summed E-state index contributed by atoms with van der Waals surface area (Å²) in [5.74, 6) is -0.369. The highest BCUT2D eigenvalue weighted by atomic mass is 127. The summed E-state index contributed by atoms with van der Waals surface area (Å²) >= 11 is 2.02. The zero-order valence-corrected chi connectivity index (χ0v) is 11.4. The van der Waals surface area contributed by atoms with Crippen molar-refractivity contribution in [2.75, 3.05) is 6.61 Å². The number of hydrogen-bond acceptors (Lipinski definition) is 3. The number of rotatable bonds is 3. The molecule has 0 saturated carbocycles. The third-order valence-electron chi connectivity index (χ3n) is 2.22. The highest BCUT2D eigenvalue weighted by molar-refractivity contribution is 14.1. The maximum absolute atomic E-state index is 11.6. The van der Waals surface area contributed by atoms with Gasteiger partial charge >= 0.3 is 5.97 Å². The highest BCUT2D eigenvalue weighted by Gasteiger charge is 2.16. The molecule has 0 heterocycles. The van der Waals surface area contributed by atoms with E-state index in [-0.39, 0.29) is 5.97 Å². The molecule has 84 valence electrons. The van der Waals surface area contributed by atoms with Crippen LogP contribution in [-0.2, 0) is 11.2 Å². The van der Waals surface area contributed by atoms with Gasteiger partial charge in [0, 0.05) is 3.57 Å². The molecule has 16 heavy (non-hydrogen) atoms. The number of nitrogens with zero attached hydrogens (tertiary/aromatic N) is 1. The maximum atomic E-state index is 11.6. The Kier molecular flexibility index (Phi) is 4.74. The summed E-state index contributed by atoms with van der Waals surface area (Å²) in [5, 5.41) is 9.06. The molecule has 4 heteroatoms. The summed E-state index contributed by atoms with van der Waals surface area (Å²) < 4.78 is 5.61.